The van der Waals surface area contributed by atoms with Crippen LogP contribution in [0.3, 0.4) is 0 Å². The fraction of sp³-hybridized carbons (Fsp3) is 0.744. The van der Waals surface area contributed by atoms with E-state index in [9.17, 15) is 115 Å². The molecule has 0 aromatic carbocycles. The van der Waals surface area contributed by atoms with Crippen LogP contribution < -0.4 is 113 Å². The number of hydrogen-bond donors (Lipinski definition) is 22. The first-order chi connectivity index (χ1) is 62.4. The summed E-state index contributed by atoms with van der Waals surface area (Å²) in [5.74, 6) is -20.2. The van der Waals surface area contributed by atoms with E-state index in [0.29, 0.717) is 19.3 Å². The molecule has 0 aromatic heterocycles. The molecule has 25 N–H and O–H groups in total. The van der Waals surface area contributed by atoms with E-state index in [2.05, 4.69) is 95.7 Å². The van der Waals surface area contributed by atoms with Gasteiger partial charge in [-0.3, -0.25) is 110 Å². The second-order valence-corrected chi connectivity index (χ2v) is 41.6. The second-order valence-electron chi connectivity index (χ2n) is 41.6. The summed E-state index contributed by atoms with van der Waals surface area (Å²) >= 11 is 0. The second kappa shape index (κ2) is 49.7. The number of primary amides is 3. The van der Waals surface area contributed by atoms with Crippen LogP contribution >= 0.6 is 0 Å². The van der Waals surface area contributed by atoms with Gasteiger partial charge in [-0.25, -0.2) is 0 Å². The van der Waals surface area contributed by atoms with Crippen molar-refractivity contribution >= 4 is 136 Å². The maximum absolute atomic E-state index is 14.5. The van der Waals surface area contributed by atoms with Crippen LogP contribution in [0.4, 0.5) is 0 Å². The van der Waals surface area contributed by atoms with Gasteiger partial charge in [0.2, 0.25) is 136 Å². The molecule has 2 aliphatic rings. The number of carbonyl (C=O) groups excluding carboxylic acids is 23. The standard InChI is InChI=1S/C90H155N23O24/c1-29-90(28,78(135)99-53(35-38-59(92)117)65(122)97-52(34-37-58(91)116)64(121)96-51(45-114)42-46(2)3)111-77(134)87(22,23)108-70(127)62(48(6)7)101-68(125)56-32-30-40-112(56)80(137)89(26,27)110-75(132)85(18,19)103-61(119)44-94-71(128)81(10,11)106-67(124)55(43-47(4)5)100-73(130)83(14,15)105-66(123)54(36-39-60(93)118)98-74(131)84(16,17)109-76(133)86(20,21)104-63(120)49(8)95-72(129)82(12,13)107-69(126)57-33-31-41-113(57)79(136)88(24,25)102-50(9)115/h46-49,51-57,62,114H,29-45H2,1-28H3,(H2,91,116)(H2,92,117)(H2,93,118)(H,94,128)(H,95,129)(H,96,121)(H,97,122)(H,98,131)(H,99,135)(H,100,130)(H,101,125)(H,102,115)(H,103,119)(H,104,120)(H,105,123)(H,106,124)(H,107,126)(H,108,127)(H,109,133)(H,110,132)(H,111,134)/t49-,51-,52-,53-,54-,55-,56-,57-,62-,90-/m0/s1. The van der Waals surface area contributed by atoms with Crippen LogP contribution in [-0.2, 0) is 110 Å². The molecule has 10 atom stereocenters. The molecule has 0 spiro atoms. The first-order valence-electron chi connectivity index (χ1n) is 46.1. The van der Waals surface area contributed by atoms with Gasteiger partial charge in [0.15, 0.2) is 0 Å². The van der Waals surface area contributed by atoms with E-state index < -0.39 is 284 Å². The molecule has 23 amide bonds. The van der Waals surface area contributed by atoms with E-state index in [0.717, 1.165) is 0 Å². The lowest BCUT2D eigenvalue weighted by Gasteiger charge is -2.37. The number of likely N-dealkylation sites (tertiary alicyclic amines) is 2. The smallest absolute Gasteiger partial charge is 0.248 e. The van der Waals surface area contributed by atoms with Crippen LogP contribution in [0, 0.1) is 17.8 Å². The summed E-state index contributed by atoms with van der Waals surface area (Å²) in [6.07, 6.45) is -0.985. The lowest BCUT2D eigenvalue weighted by Crippen LogP contribution is -2.67. The van der Waals surface area contributed by atoms with Crippen LogP contribution in [0.5, 0.6) is 0 Å². The summed E-state index contributed by atoms with van der Waals surface area (Å²) in [5.41, 5.74) is -1.45. The first-order valence-corrected chi connectivity index (χ1v) is 46.1. The van der Waals surface area contributed by atoms with Crippen molar-refractivity contribution in [1.29, 1.82) is 0 Å². The molecular weight excluding hydrogens is 1790 g/mol. The number of aliphatic hydroxyl groups is 1. The number of amides is 23. The molecule has 0 unspecified atom stereocenters. The van der Waals surface area contributed by atoms with E-state index in [-0.39, 0.29) is 69.9 Å². The van der Waals surface area contributed by atoms with Crippen LogP contribution in [0.25, 0.3) is 0 Å². The van der Waals surface area contributed by atoms with E-state index in [1.54, 1.807) is 27.7 Å². The summed E-state index contributed by atoms with van der Waals surface area (Å²) in [7, 11) is 0. The number of nitrogens with one attached hydrogen (secondary N) is 18. The Morgan fingerprint density at radius 3 is 1.14 bits per heavy atom. The molecule has 2 rings (SSSR count). The predicted molar refractivity (Wildman–Crippen MR) is 500 cm³/mol. The lowest BCUT2D eigenvalue weighted by atomic mass is 9.93. The average molecular weight is 1940 g/mol. The molecular formula is C90H155N23O24. The zero-order valence-electron chi connectivity index (χ0n) is 84.9. The molecule has 0 saturated carbocycles. The zero-order chi connectivity index (χ0) is 106. The molecule has 774 valence electrons. The molecule has 0 aliphatic carbocycles. The number of hydrogen-bond acceptors (Lipinski definition) is 24. The van der Waals surface area contributed by atoms with Crippen LogP contribution in [0.15, 0.2) is 0 Å². The summed E-state index contributed by atoms with van der Waals surface area (Å²) in [5, 5.41) is 56.0. The Kier molecular flexibility index (Phi) is 43.8. The number of aliphatic hydroxyl groups excluding tert-OH is 1. The Bertz CT molecular complexity index is 4500. The topological polar surface area (TPSA) is 714 Å². The van der Waals surface area contributed by atoms with Gasteiger partial charge in [-0.1, -0.05) is 48.5 Å². The Labute approximate surface area is 801 Å². The summed E-state index contributed by atoms with van der Waals surface area (Å²) in [4.78, 5) is 316. The van der Waals surface area contributed by atoms with Gasteiger partial charge in [-0.05, 0) is 220 Å². The third-order valence-corrected chi connectivity index (χ3v) is 23.2. The quantitative estimate of drug-likeness (QED) is 0.0272. The summed E-state index contributed by atoms with van der Waals surface area (Å²) in [6, 6.07) is -11.5. The lowest BCUT2D eigenvalue weighted by molar-refractivity contribution is -0.146. The third-order valence-electron chi connectivity index (χ3n) is 23.2. The molecule has 2 aliphatic heterocycles. The fourth-order valence-corrected chi connectivity index (χ4v) is 14.5. The highest BCUT2D eigenvalue weighted by atomic mass is 16.3. The number of rotatable bonds is 53. The van der Waals surface area contributed by atoms with E-state index >= 15 is 0 Å². The minimum atomic E-state index is -1.91. The van der Waals surface area contributed by atoms with Crippen LogP contribution in [0.2, 0.25) is 0 Å². The average Bonchev–Trinajstić information content (AvgIpc) is 1.71. The molecule has 0 bridgehead atoms. The van der Waals surface area contributed by atoms with Gasteiger partial charge < -0.3 is 128 Å². The summed E-state index contributed by atoms with van der Waals surface area (Å²) < 4.78 is 0. The van der Waals surface area contributed by atoms with Gasteiger partial charge in [0.25, 0.3) is 0 Å². The van der Waals surface area contributed by atoms with Gasteiger partial charge in [-0.15, -0.1) is 0 Å². The van der Waals surface area contributed by atoms with E-state index in [4.69, 9.17) is 17.2 Å². The van der Waals surface area contributed by atoms with Crippen molar-refractivity contribution in [2.24, 2.45) is 35.0 Å². The van der Waals surface area contributed by atoms with Crippen molar-refractivity contribution in [3.63, 3.8) is 0 Å². The number of nitrogens with two attached hydrogens (primary N) is 3. The van der Waals surface area contributed by atoms with Gasteiger partial charge >= 0.3 is 0 Å². The van der Waals surface area contributed by atoms with Crippen molar-refractivity contribution in [3.8, 4) is 0 Å². The Hall–Kier alpha value is -12.2. The van der Waals surface area contributed by atoms with Crippen molar-refractivity contribution in [3.05, 3.63) is 0 Å². The van der Waals surface area contributed by atoms with Gasteiger partial charge in [0.05, 0.1) is 19.2 Å². The molecule has 47 heteroatoms. The van der Waals surface area contributed by atoms with Crippen molar-refractivity contribution < 1.29 is 115 Å². The largest absolute Gasteiger partial charge is 0.394 e. The van der Waals surface area contributed by atoms with E-state index in [1.165, 1.54) is 162 Å². The van der Waals surface area contributed by atoms with Gasteiger partial charge in [0, 0.05) is 39.3 Å². The fourth-order valence-electron chi connectivity index (χ4n) is 14.5. The first kappa shape index (κ1) is 121. The Balaban J connectivity index is 2.17. The Morgan fingerprint density at radius 2 is 0.701 bits per heavy atom. The maximum Gasteiger partial charge on any atom is 0.248 e. The van der Waals surface area contributed by atoms with Crippen molar-refractivity contribution in [1.82, 2.24) is 106 Å². The molecule has 47 nitrogen and oxygen atoms in total. The van der Waals surface area contributed by atoms with Gasteiger partial charge in [-0.2, -0.15) is 0 Å². The third kappa shape index (κ3) is 37.0. The summed E-state index contributed by atoms with van der Waals surface area (Å²) in [6.45, 7) is 38.8. The Morgan fingerprint density at radius 1 is 0.350 bits per heavy atom. The highest BCUT2D eigenvalue weighted by Crippen LogP contribution is 2.27. The normalized spacial score (nSPS) is 16.4. The maximum atomic E-state index is 14.5. The van der Waals surface area contributed by atoms with Crippen molar-refractivity contribution in [2.75, 3.05) is 26.2 Å². The molecule has 137 heavy (non-hydrogen) atoms. The van der Waals surface area contributed by atoms with Gasteiger partial charge in [0.1, 0.15) is 104 Å². The van der Waals surface area contributed by atoms with E-state index in [1.807, 2.05) is 13.8 Å². The predicted octanol–water partition coefficient (Wildman–Crippen LogP) is -4.61. The number of nitrogens with zero attached hydrogens (tertiary/aromatic N) is 2. The zero-order valence-corrected chi connectivity index (χ0v) is 84.9. The minimum absolute atomic E-state index is 0.0257. The molecule has 2 fully saturated rings. The monoisotopic (exact) mass is 1940 g/mol. The molecule has 0 aromatic rings. The SMILES string of the molecule is CC[C@](C)(NC(=O)C(C)(C)NC(=O)[C@@H](NC(=O)[C@@H]1CCCN1C(=O)C(C)(C)NC(=O)C(C)(C)NC(=O)CNC(=O)C(C)(C)NC(=O)[C@H](CC(C)C)NC(=O)C(C)(C)NC(=O)[C@H](CCC(N)=O)NC(=O)C(C)(C)NC(=O)C(C)(C)NC(=O)[C@H](C)NC(=O)C(C)(C)NC(=O)[C@@H]1CCCN1C(=O)C(C)(C)NC(C)=O)C(C)C)C(=O)N[C@@H](CCC(N)=O)C(=O)N[C@@H](CCC(N)=O)C(=O)N[C@H](CO)CC(C)C. The highest BCUT2D eigenvalue weighted by molar-refractivity contribution is 6.05. The number of carbonyl (C=O) groups is 23. The molecule has 2 heterocycles. The molecule has 0 radical (unpaired) electrons. The van der Waals surface area contributed by atoms with Crippen molar-refractivity contribution in [2.45, 2.75) is 387 Å². The minimum Gasteiger partial charge on any atom is -0.394 e. The molecule has 2 saturated heterocycles. The van der Waals surface area contributed by atoms with Crippen LogP contribution in [0.1, 0.15) is 277 Å². The highest BCUT2D eigenvalue weighted by Gasteiger charge is 2.50. The van der Waals surface area contributed by atoms with Crippen LogP contribution in [-0.4, -0.2) is 287 Å².